The lowest BCUT2D eigenvalue weighted by molar-refractivity contribution is -0.129. The molecule has 1 heterocycles. The van der Waals surface area contributed by atoms with Crippen molar-refractivity contribution in [2.75, 3.05) is 11.6 Å². The van der Waals surface area contributed by atoms with Crippen LogP contribution in [-0.2, 0) is 20.9 Å². The van der Waals surface area contributed by atoms with Gasteiger partial charge in [-0.25, -0.2) is 4.79 Å². The molecule has 0 radical (unpaired) electrons. The zero-order chi connectivity index (χ0) is 24.8. The molecule has 0 saturated carbocycles. The summed E-state index contributed by atoms with van der Waals surface area (Å²) in [6.45, 7) is 1.99. The van der Waals surface area contributed by atoms with Crippen molar-refractivity contribution in [1.82, 2.24) is 10.2 Å². The van der Waals surface area contributed by atoms with Crippen LogP contribution in [0.4, 0.5) is 10.5 Å². The molecule has 0 saturated heterocycles. The van der Waals surface area contributed by atoms with Crippen LogP contribution in [0.15, 0.2) is 84.7 Å². The van der Waals surface area contributed by atoms with E-state index < -0.39 is 18.2 Å². The van der Waals surface area contributed by atoms with E-state index in [1.807, 2.05) is 77.7 Å². The van der Waals surface area contributed by atoms with E-state index in [4.69, 9.17) is 10.5 Å². The molecule has 0 spiro atoms. The summed E-state index contributed by atoms with van der Waals surface area (Å²) in [6.07, 6.45) is 1.85. The zero-order valence-electron chi connectivity index (χ0n) is 19.5. The summed E-state index contributed by atoms with van der Waals surface area (Å²) in [5.74, 6) is -0.233. The van der Waals surface area contributed by atoms with Gasteiger partial charge in [-0.3, -0.25) is 9.69 Å². The Labute approximate surface area is 203 Å². The van der Waals surface area contributed by atoms with Gasteiger partial charge in [-0.2, -0.15) is 0 Å². The molecule has 4 rings (SSSR count). The average molecular weight is 473 g/mol. The van der Waals surface area contributed by atoms with Crippen molar-refractivity contribution >= 4 is 34.7 Å². The van der Waals surface area contributed by atoms with Crippen molar-refractivity contribution in [3.8, 4) is 0 Å². The Morgan fingerprint density at radius 3 is 2.51 bits per heavy atom. The van der Waals surface area contributed by atoms with E-state index in [1.54, 1.807) is 13.1 Å². The Morgan fingerprint density at radius 1 is 1.06 bits per heavy atom. The number of hydrogen-bond acceptors (Lipinski definition) is 6. The van der Waals surface area contributed by atoms with Gasteiger partial charge in [0.05, 0.1) is 17.8 Å². The van der Waals surface area contributed by atoms with E-state index in [9.17, 15) is 14.4 Å². The van der Waals surface area contributed by atoms with Gasteiger partial charge in [0.1, 0.15) is 19.6 Å². The number of fused-ring (bicyclic) bond motifs is 1. The number of carbonyl (C=O) groups is 3. The first kappa shape index (κ1) is 24.0. The molecule has 8 heteroatoms. The fourth-order valence-electron chi connectivity index (χ4n) is 4.04. The quantitative estimate of drug-likeness (QED) is 0.486. The summed E-state index contributed by atoms with van der Waals surface area (Å²) < 4.78 is 5.26. The van der Waals surface area contributed by atoms with Gasteiger partial charge in [-0.1, -0.05) is 66.7 Å². The highest BCUT2D eigenvalue weighted by molar-refractivity contribution is 5.95. The minimum absolute atomic E-state index is 0.0970. The number of nitrogens with two attached hydrogens (primary N) is 1. The third-order valence-electron chi connectivity index (χ3n) is 5.78. The molecule has 0 fully saturated rings. The molecule has 35 heavy (non-hydrogen) atoms. The summed E-state index contributed by atoms with van der Waals surface area (Å²) >= 11 is 0. The van der Waals surface area contributed by atoms with Gasteiger partial charge in [0.15, 0.2) is 0 Å². The zero-order valence-corrected chi connectivity index (χ0v) is 19.5. The number of alkyl carbamates (subject to hydrolysis) is 1. The second kappa shape index (κ2) is 10.8. The number of aldehydes is 1. The molecule has 2 amide bonds. The van der Waals surface area contributed by atoms with Gasteiger partial charge in [0.25, 0.3) is 0 Å². The highest BCUT2D eigenvalue weighted by Crippen LogP contribution is 2.33. The molecule has 8 nitrogen and oxygen atoms in total. The first-order valence-corrected chi connectivity index (χ1v) is 11.4. The highest BCUT2D eigenvalue weighted by atomic mass is 16.5. The predicted octanol–water partition coefficient (Wildman–Crippen LogP) is 3.52. The average Bonchev–Trinajstić information content (AvgIpc) is 3.30. The molecule has 1 aliphatic rings. The van der Waals surface area contributed by atoms with E-state index in [0.717, 1.165) is 22.0 Å². The normalized spacial score (nSPS) is 14.9. The van der Waals surface area contributed by atoms with Crippen LogP contribution in [0, 0.1) is 0 Å². The molecular formula is C27H28N4O4. The monoisotopic (exact) mass is 472 g/mol. The largest absolute Gasteiger partial charge is 0.445 e. The number of anilines is 1. The molecule has 2 atom stereocenters. The van der Waals surface area contributed by atoms with Gasteiger partial charge in [0, 0.05) is 23.7 Å². The summed E-state index contributed by atoms with van der Waals surface area (Å²) in [5.41, 5.74) is 8.28. The molecule has 3 aromatic rings. The summed E-state index contributed by atoms with van der Waals surface area (Å²) in [6, 6.07) is 21.6. The minimum Gasteiger partial charge on any atom is -0.445 e. The molecule has 0 unspecified atom stereocenters. The first-order chi connectivity index (χ1) is 17.0. The van der Waals surface area contributed by atoms with Crippen molar-refractivity contribution in [3.05, 3.63) is 90.3 Å². The van der Waals surface area contributed by atoms with Crippen LogP contribution in [0.5, 0.6) is 0 Å². The molecule has 1 aliphatic heterocycles. The number of benzene rings is 3. The van der Waals surface area contributed by atoms with Crippen molar-refractivity contribution in [1.29, 1.82) is 0 Å². The van der Waals surface area contributed by atoms with Gasteiger partial charge < -0.3 is 25.5 Å². The fraction of sp³-hybridized carbons (Fsp3) is 0.222. The fourth-order valence-corrected chi connectivity index (χ4v) is 4.04. The number of ether oxygens (including phenoxy) is 1. The Balaban J connectivity index is 1.53. The lowest BCUT2D eigenvalue weighted by Gasteiger charge is -2.26. The lowest BCUT2D eigenvalue weighted by atomic mass is 10.1. The van der Waals surface area contributed by atoms with Crippen LogP contribution >= 0.6 is 0 Å². The van der Waals surface area contributed by atoms with E-state index in [1.165, 1.54) is 4.90 Å². The van der Waals surface area contributed by atoms with Gasteiger partial charge in [-0.15, -0.1) is 0 Å². The van der Waals surface area contributed by atoms with E-state index in [0.29, 0.717) is 12.0 Å². The maximum Gasteiger partial charge on any atom is 0.408 e. The van der Waals surface area contributed by atoms with Crippen LogP contribution in [0.1, 0.15) is 18.9 Å². The van der Waals surface area contributed by atoms with Crippen LogP contribution in [0.3, 0.4) is 0 Å². The number of hydrogen-bond donors (Lipinski definition) is 2. The second-order valence-electron chi connectivity index (χ2n) is 8.44. The third-order valence-corrected chi connectivity index (χ3v) is 5.78. The molecule has 3 aromatic carbocycles. The Bertz CT molecular complexity index is 1240. The maximum atomic E-state index is 12.7. The number of nitrogens with one attached hydrogen (secondary N) is 1. The van der Waals surface area contributed by atoms with Crippen molar-refractivity contribution in [2.45, 2.75) is 32.0 Å². The lowest BCUT2D eigenvalue weighted by Crippen LogP contribution is -2.41. The highest BCUT2D eigenvalue weighted by Gasteiger charge is 2.30. The Kier molecular flexibility index (Phi) is 7.42. The molecular weight excluding hydrogens is 444 g/mol. The van der Waals surface area contributed by atoms with Gasteiger partial charge >= 0.3 is 6.09 Å². The van der Waals surface area contributed by atoms with Crippen LogP contribution in [0.25, 0.3) is 10.8 Å². The molecule has 0 aliphatic carbocycles. The van der Waals surface area contributed by atoms with E-state index in [-0.39, 0.29) is 25.6 Å². The molecule has 0 aromatic heterocycles. The van der Waals surface area contributed by atoms with Gasteiger partial charge in [-0.05, 0) is 23.9 Å². The van der Waals surface area contributed by atoms with E-state index >= 15 is 0 Å². The van der Waals surface area contributed by atoms with Crippen LogP contribution < -0.4 is 16.0 Å². The number of rotatable bonds is 8. The molecule has 180 valence electrons. The Morgan fingerprint density at radius 2 is 1.77 bits per heavy atom. The SMILES string of the molecule is C[C@H](N)C(=O)N1C=C(C[C@@H](C=O)NC(=O)OCc2ccccc2)N(c2cccc3ccccc23)C1. The van der Waals surface area contributed by atoms with Crippen molar-refractivity contribution < 1.29 is 19.1 Å². The smallest absolute Gasteiger partial charge is 0.408 e. The Hall–Kier alpha value is -4.17. The van der Waals surface area contributed by atoms with Crippen LogP contribution in [-0.4, -0.2) is 41.9 Å². The standard InChI is InChI=1S/C27H28N4O4/c1-19(28)26(33)30-15-23(31(18-30)25-13-7-11-21-10-5-6-12-24(21)25)14-22(16-32)29-27(34)35-17-20-8-3-2-4-9-20/h2-13,15-16,19,22H,14,17-18,28H2,1H3,(H,29,34)/t19-,22-/m0/s1. The predicted molar refractivity (Wildman–Crippen MR) is 134 cm³/mol. The van der Waals surface area contributed by atoms with Gasteiger partial charge in [0.2, 0.25) is 5.91 Å². The van der Waals surface area contributed by atoms with Crippen LogP contribution in [0.2, 0.25) is 0 Å². The number of carbonyl (C=O) groups excluding carboxylic acids is 3. The first-order valence-electron chi connectivity index (χ1n) is 11.4. The molecule has 3 N–H and O–H groups in total. The third kappa shape index (κ3) is 5.67. The van der Waals surface area contributed by atoms with E-state index in [2.05, 4.69) is 5.32 Å². The maximum absolute atomic E-state index is 12.7. The summed E-state index contributed by atoms with van der Waals surface area (Å²) in [4.78, 5) is 40.4. The number of nitrogens with zero attached hydrogens (tertiary/aromatic N) is 2. The van der Waals surface area contributed by atoms with Crippen molar-refractivity contribution in [3.63, 3.8) is 0 Å². The summed E-state index contributed by atoms with van der Waals surface area (Å²) in [7, 11) is 0. The minimum atomic E-state index is -0.840. The van der Waals surface area contributed by atoms with Crippen molar-refractivity contribution in [2.24, 2.45) is 5.73 Å². The topological polar surface area (TPSA) is 105 Å². The number of amides is 2. The molecule has 0 bridgehead atoms. The summed E-state index contributed by atoms with van der Waals surface area (Å²) in [5, 5.41) is 4.67. The second-order valence-corrected chi connectivity index (χ2v) is 8.44.